The van der Waals surface area contributed by atoms with Gasteiger partial charge in [0.25, 0.3) is 0 Å². The summed E-state index contributed by atoms with van der Waals surface area (Å²) in [7, 11) is 1.28. The fourth-order valence-corrected chi connectivity index (χ4v) is 3.25. The Hall–Kier alpha value is -3.22. The highest BCUT2D eigenvalue weighted by atomic mass is 19.1. The zero-order valence-electron chi connectivity index (χ0n) is 16.5. The molecule has 6 nitrogen and oxygen atoms in total. The van der Waals surface area contributed by atoms with Crippen LogP contribution < -0.4 is 5.32 Å². The highest BCUT2D eigenvalue weighted by Crippen LogP contribution is 2.29. The number of carbonyl (C=O) groups excluding carboxylic acids is 2. The number of hydrogen-bond acceptors (Lipinski definition) is 4. The van der Waals surface area contributed by atoms with Gasteiger partial charge in [-0.1, -0.05) is 43.7 Å². The maximum Gasteiger partial charge on any atom is 0.410 e. The number of hydrogen-bond donors (Lipinski definition) is 1. The topological polar surface area (TPSA) is 71.0 Å². The smallest absolute Gasteiger partial charge is 0.410 e. The van der Waals surface area contributed by atoms with Crippen LogP contribution in [-0.2, 0) is 16.1 Å². The Kier molecular flexibility index (Phi) is 6.59. The van der Waals surface area contributed by atoms with Gasteiger partial charge in [-0.3, -0.25) is 9.69 Å². The third kappa shape index (κ3) is 4.62. The molecular weight excluding hydrogens is 373 g/mol. The van der Waals surface area contributed by atoms with Crippen molar-refractivity contribution in [3.8, 4) is 0 Å². The van der Waals surface area contributed by atoms with Crippen molar-refractivity contribution in [3.63, 3.8) is 0 Å². The van der Waals surface area contributed by atoms with E-state index < -0.39 is 18.0 Å². The zero-order valence-corrected chi connectivity index (χ0v) is 16.5. The molecule has 2 amide bonds. The molecule has 1 aliphatic rings. The van der Waals surface area contributed by atoms with Gasteiger partial charge in [0, 0.05) is 6.54 Å². The number of para-hydroxylation sites is 1. The van der Waals surface area contributed by atoms with Gasteiger partial charge >= 0.3 is 6.09 Å². The van der Waals surface area contributed by atoms with Gasteiger partial charge in [-0.05, 0) is 35.7 Å². The SMILES string of the molecule is CCCCNC(=O)C1C(c2ccc(F)cc2)=Nc2ccccc2CN1C(=O)OC. The van der Waals surface area contributed by atoms with Crippen LogP contribution in [0.1, 0.15) is 30.9 Å². The van der Waals surface area contributed by atoms with Crippen LogP contribution in [-0.4, -0.2) is 42.3 Å². The van der Waals surface area contributed by atoms with Crippen molar-refractivity contribution in [3.05, 3.63) is 65.5 Å². The number of unbranched alkanes of at least 4 members (excludes halogenated alkanes) is 1. The van der Waals surface area contributed by atoms with E-state index in [4.69, 9.17) is 9.73 Å². The monoisotopic (exact) mass is 397 g/mol. The molecular formula is C22H24FN3O3. The van der Waals surface area contributed by atoms with Gasteiger partial charge in [0.15, 0.2) is 6.04 Å². The van der Waals surface area contributed by atoms with Crippen LogP contribution in [0.15, 0.2) is 53.5 Å². The molecule has 1 unspecified atom stereocenters. The molecule has 1 aliphatic heterocycles. The normalized spacial score (nSPS) is 15.8. The third-order valence-corrected chi connectivity index (χ3v) is 4.77. The summed E-state index contributed by atoms with van der Waals surface area (Å²) in [5.74, 6) is -0.739. The average Bonchev–Trinajstić information content (AvgIpc) is 2.91. The minimum atomic E-state index is -1.00. The van der Waals surface area contributed by atoms with Gasteiger partial charge in [-0.15, -0.1) is 0 Å². The molecule has 2 aromatic carbocycles. The summed E-state index contributed by atoms with van der Waals surface area (Å²) >= 11 is 0. The molecule has 0 aliphatic carbocycles. The molecule has 0 radical (unpaired) electrons. The van der Waals surface area contributed by atoms with Crippen molar-refractivity contribution in [2.45, 2.75) is 32.4 Å². The molecule has 29 heavy (non-hydrogen) atoms. The van der Waals surface area contributed by atoms with Crippen LogP contribution in [0.3, 0.4) is 0 Å². The number of carbonyl (C=O) groups is 2. The van der Waals surface area contributed by atoms with E-state index in [2.05, 4.69) is 5.32 Å². The van der Waals surface area contributed by atoms with E-state index in [1.54, 1.807) is 12.1 Å². The molecule has 0 aromatic heterocycles. The Balaban J connectivity index is 2.12. The number of methoxy groups -OCH3 is 1. The number of amides is 2. The molecule has 0 saturated heterocycles. The molecule has 0 fully saturated rings. The van der Waals surface area contributed by atoms with Crippen molar-refractivity contribution in [2.75, 3.05) is 13.7 Å². The summed E-state index contributed by atoms with van der Waals surface area (Å²) in [5.41, 5.74) is 2.38. The number of benzene rings is 2. The Labute approximate surface area is 169 Å². The first-order chi connectivity index (χ1) is 14.0. The fraction of sp³-hybridized carbons (Fsp3) is 0.318. The van der Waals surface area contributed by atoms with E-state index in [9.17, 15) is 14.0 Å². The zero-order chi connectivity index (χ0) is 20.8. The Morgan fingerprint density at radius 2 is 1.93 bits per heavy atom. The molecule has 2 aromatic rings. The van der Waals surface area contributed by atoms with E-state index in [0.29, 0.717) is 23.5 Å². The number of fused-ring (bicyclic) bond motifs is 1. The van der Waals surface area contributed by atoms with E-state index in [1.807, 2.05) is 31.2 Å². The van der Waals surface area contributed by atoms with Gasteiger partial charge in [-0.25, -0.2) is 14.2 Å². The van der Waals surface area contributed by atoms with Crippen molar-refractivity contribution in [1.82, 2.24) is 10.2 Å². The average molecular weight is 397 g/mol. The lowest BCUT2D eigenvalue weighted by atomic mass is 10.0. The second-order valence-electron chi connectivity index (χ2n) is 6.78. The Morgan fingerprint density at radius 1 is 1.21 bits per heavy atom. The highest BCUT2D eigenvalue weighted by Gasteiger charge is 2.37. The van der Waals surface area contributed by atoms with E-state index >= 15 is 0 Å². The number of aliphatic imine (C=N–C) groups is 1. The van der Waals surface area contributed by atoms with E-state index in [0.717, 1.165) is 18.4 Å². The molecule has 0 saturated carbocycles. The third-order valence-electron chi connectivity index (χ3n) is 4.77. The number of nitrogens with one attached hydrogen (secondary N) is 1. The predicted octanol–water partition coefficient (Wildman–Crippen LogP) is 3.81. The standard InChI is InChI=1S/C22H24FN3O3/c1-3-4-13-24-21(27)20-19(15-9-11-17(23)12-10-15)25-18-8-6-5-7-16(18)14-26(20)22(28)29-2/h5-12,20H,3-4,13-14H2,1-2H3,(H,24,27). The molecule has 3 rings (SSSR count). The van der Waals surface area contributed by atoms with Crippen LogP contribution >= 0.6 is 0 Å². The number of ether oxygens (including phenoxy) is 1. The number of halogens is 1. The Morgan fingerprint density at radius 3 is 2.62 bits per heavy atom. The van der Waals surface area contributed by atoms with Gasteiger partial charge < -0.3 is 10.1 Å². The van der Waals surface area contributed by atoms with Crippen molar-refractivity contribution in [2.24, 2.45) is 4.99 Å². The molecule has 152 valence electrons. The van der Waals surface area contributed by atoms with E-state index in [1.165, 1.54) is 24.1 Å². The van der Waals surface area contributed by atoms with Crippen LogP contribution in [0.5, 0.6) is 0 Å². The second kappa shape index (κ2) is 9.32. The summed E-state index contributed by atoms with van der Waals surface area (Å²) in [6, 6.07) is 12.1. The number of rotatable bonds is 5. The fourth-order valence-electron chi connectivity index (χ4n) is 3.25. The van der Waals surface area contributed by atoms with E-state index in [-0.39, 0.29) is 12.5 Å². The molecule has 1 heterocycles. The van der Waals surface area contributed by atoms with Crippen LogP contribution in [0, 0.1) is 5.82 Å². The summed E-state index contributed by atoms with van der Waals surface area (Å²) in [4.78, 5) is 31.8. The first-order valence-corrected chi connectivity index (χ1v) is 9.60. The van der Waals surface area contributed by atoms with Crippen LogP contribution in [0.25, 0.3) is 0 Å². The predicted molar refractivity (Wildman–Crippen MR) is 109 cm³/mol. The van der Waals surface area contributed by atoms with Crippen molar-refractivity contribution < 1.29 is 18.7 Å². The summed E-state index contributed by atoms with van der Waals surface area (Å²) in [5, 5.41) is 2.88. The summed E-state index contributed by atoms with van der Waals surface area (Å²) < 4.78 is 18.5. The van der Waals surface area contributed by atoms with Gasteiger partial charge in [0.05, 0.1) is 25.1 Å². The maximum absolute atomic E-state index is 13.5. The van der Waals surface area contributed by atoms with Crippen LogP contribution in [0.4, 0.5) is 14.9 Å². The van der Waals surface area contributed by atoms with Gasteiger partial charge in [-0.2, -0.15) is 0 Å². The quantitative estimate of drug-likeness (QED) is 0.780. The van der Waals surface area contributed by atoms with Crippen molar-refractivity contribution >= 4 is 23.4 Å². The molecule has 1 N–H and O–H groups in total. The van der Waals surface area contributed by atoms with Crippen LogP contribution in [0.2, 0.25) is 0 Å². The molecule has 0 bridgehead atoms. The Bertz CT molecular complexity index is 912. The lowest BCUT2D eigenvalue weighted by Crippen LogP contribution is -2.53. The highest BCUT2D eigenvalue weighted by molar-refractivity contribution is 6.18. The lowest BCUT2D eigenvalue weighted by molar-refractivity contribution is -0.123. The van der Waals surface area contributed by atoms with Gasteiger partial charge in [0.2, 0.25) is 5.91 Å². The second-order valence-corrected chi connectivity index (χ2v) is 6.78. The molecule has 1 atom stereocenters. The minimum Gasteiger partial charge on any atom is -0.453 e. The van der Waals surface area contributed by atoms with Gasteiger partial charge in [0.1, 0.15) is 5.82 Å². The maximum atomic E-state index is 13.5. The number of nitrogens with zero attached hydrogens (tertiary/aromatic N) is 2. The largest absolute Gasteiger partial charge is 0.453 e. The molecule has 7 heteroatoms. The summed E-state index contributed by atoms with van der Waals surface area (Å²) in [6.45, 7) is 2.69. The lowest BCUT2D eigenvalue weighted by Gasteiger charge is -2.29. The first kappa shape index (κ1) is 20.5. The minimum absolute atomic E-state index is 0.170. The first-order valence-electron chi connectivity index (χ1n) is 9.60. The summed E-state index contributed by atoms with van der Waals surface area (Å²) in [6.07, 6.45) is 1.11. The molecule has 0 spiro atoms. The van der Waals surface area contributed by atoms with Crippen molar-refractivity contribution in [1.29, 1.82) is 0 Å².